The van der Waals surface area contributed by atoms with Crippen LogP contribution in [0.3, 0.4) is 0 Å². The number of aromatic nitrogens is 3. The first kappa shape index (κ1) is 15.8. The van der Waals surface area contributed by atoms with Crippen molar-refractivity contribution in [1.29, 1.82) is 0 Å². The van der Waals surface area contributed by atoms with Crippen molar-refractivity contribution in [2.45, 2.75) is 0 Å². The molecule has 7 nitrogen and oxygen atoms in total. The zero-order valence-corrected chi connectivity index (χ0v) is 13.6. The number of anilines is 1. The highest BCUT2D eigenvalue weighted by atomic mass is 16.5. The molecule has 0 saturated heterocycles. The fraction of sp³-hybridized carbons (Fsp3) is 0.0526. The van der Waals surface area contributed by atoms with Gasteiger partial charge in [-0.1, -0.05) is 23.4 Å². The van der Waals surface area contributed by atoms with Gasteiger partial charge in [0.25, 0.3) is 5.91 Å². The van der Waals surface area contributed by atoms with Gasteiger partial charge >= 0.3 is 0 Å². The molecule has 0 unspecified atom stereocenters. The monoisotopic (exact) mass is 346 g/mol. The highest BCUT2D eigenvalue weighted by Crippen LogP contribution is 2.28. The number of nitrogens with one attached hydrogen (secondary N) is 1. The Balaban J connectivity index is 1.51. The summed E-state index contributed by atoms with van der Waals surface area (Å²) in [5, 5.41) is 10.8. The fourth-order valence-electron chi connectivity index (χ4n) is 2.55. The lowest BCUT2D eigenvalue weighted by atomic mass is 10.1. The van der Waals surface area contributed by atoms with E-state index in [2.05, 4.69) is 15.6 Å². The molecule has 0 bridgehead atoms. The zero-order valence-electron chi connectivity index (χ0n) is 13.6. The average Bonchev–Trinajstić information content (AvgIpc) is 3.15. The number of allylic oxidation sites excluding steroid dienone is 1. The predicted octanol–water partition coefficient (Wildman–Crippen LogP) is 2.49. The lowest BCUT2D eigenvalue weighted by molar-refractivity contribution is -0.118. The number of hydrogen-bond donors (Lipinski definition) is 1. The van der Waals surface area contributed by atoms with Gasteiger partial charge in [-0.15, -0.1) is 5.10 Å². The molecule has 0 fully saturated rings. The summed E-state index contributed by atoms with van der Waals surface area (Å²) in [4.78, 5) is 23.8. The van der Waals surface area contributed by atoms with Gasteiger partial charge in [-0.05, 0) is 42.5 Å². The highest BCUT2D eigenvalue weighted by Gasteiger charge is 2.17. The van der Waals surface area contributed by atoms with E-state index in [-0.39, 0.29) is 18.3 Å². The summed E-state index contributed by atoms with van der Waals surface area (Å²) in [7, 11) is 0. The second kappa shape index (κ2) is 6.64. The molecule has 0 spiro atoms. The van der Waals surface area contributed by atoms with Crippen molar-refractivity contribution in [3.63, 3.8) is 0 Å². The number of fused-ring (bicyclic) bond motifs is 1. The lowest BCUT2D eigenvalue weighted by Crippen LogP contribution is -2.25. The molecule has 3 aromatic rings. The summed E-state index contributed by atoms with van der Waals surface area (Å²) in [6.07, 6.45) is 4.76. The molecule has 0 atom stereocenters. The number of carbonyl (C=O) groups excluding carboxylic acids is 2. The summed E-state index contributed by atoms with van der Waals surface area (Å²) in [5.74, 6) is 0.105. The molecule has 1 aliphatic heterocycles. The van der Waals surface area contributed by atoms with Crippen LogP contribution in [0.2, 0.25) is 0 Å². The normalized spacial score (nSPS) is 13.2. The van der Waals surface area contributed by atoms with Crippen LogP contribution >= 0.6 is 0 Å². The number of rotatable bonds is 4. The van der Waals surface area contributed by atoms with Gasteiger partial charge in [-0.3, -0.25) is 9.59 Å². The Bertz CT molecular complexity index is 1010. The summed E-state index contributed by atoms with van der Waals surface area (Å²) in [6.45, 7) is -0.0166. The van der Waals surface area contributed by atoms with Crippen molar-refractivity contribution in [1.82, 2.24) is 15.0 Å². The number of amides is 1. The van der Waals surface area contributed by atoms with Crippen LogP contribution in [0.1, 0.15) is 16.1 Å². The van der Waals surface area contributed by atoms with E-state index in [0.29, 0.717) is 22.7 Å². The number of hydrogen-bond acceptors (Lipinski definition) is 5. The molecule has 0 saturated carbocycles. The number of benzene rings is 2. The van der Waals surface area contributed by atoms with Crippen LogP contribution in [0, 0.1) is 0 Å². The fourth-order valence-corrected chi connectivity index (χ4v) is 2.55. The number of ether oxygens (including phenoxy) is 1. The molecular formula is C19H14N4O3. The van der Waals surface area contributed by atoms with Crippen LogP contribution in [0.5, 0.6) is 5.75 Å². The molecule has 2 heterocycles. The van der Waals surface area contributed by atoms with E-state index in [1.54, 1.807) is 35.2 Å². The highest BCUT2D eigenvalue weighted by molar-refractivity contribution is 6.08. The van der Waals surface area contributed by atoms with Gasteiger partial charge in [-0.25, -0.2) is 4.68 Å². The minimum absolute atomic E-state index is 0.0166. The third-order valence-electron chi connectivity index (χ3n) is 3.83. The first-order valence-electron chi connectivity index (χ1n) is 7.96. The summed E-state index contributed by atoms with van der Waals surface area (Å²) < 4.78 is 6.92. The van der Waals surface area contributed by atoms with Crippen molar-refractivity contribution in [2.75, 3.05) is 11.9 Å². The van der Waals surface area contributed by atoms with Crippen LogP contribution in [0.4, 0.5) is 5.69 Å². The minimum Gasteiger partial charge on any atom is -0.482 e. The van der Waals surface area contributed by atoms with E-state index in [1.165, 1.54) is 6.08 Å². The van der Waals surface area contributed by atoms with E-state index in [1.807, 2.05) is 30.3 Å². The summed E-state index contributed by atoms with van der Waals surface area (Å²) in [5.41, 5.74) is 2.39. The minimum atomic E-state index is -0.241. The maximum atomic E-state index is 12.4. The van der Waals surface area contributed by atoms with Crippen molar-refractivity contribution in [3.05, 3.63) is 72.1 Å². The number of para-hydroxylation sites is 1. The Morgan fingerprint density at radius 1 is 1.19 bits per heavy atom. The van der Waals surface area contributed by atoms with E-state index in [0.717, 1.165) is 5.69 Å². The molecule has 1 amide bonds. The van der Waals surface area contributed by atoms with Gasteiger partial charge in [-0.2, -0.15) is 0 Å². The van der Waals surface area contributed by atoms with Gasteiger partial charge < -0.3 is 10.1 Å². The van der Waals surface area contributed by atoms with Crippen LogP contribution < -0.4 is 10.1 Å². The smallest absolute Gasteiger partial charge is 0.262 e. The third kappa shape index (κ3) is 3.23. The summed E-state index contributed by atoms with van der Waals surface area (Å²) in [6, 6.07) is 14.5. The molecule has 0 aliphatic carbocycles. The van der Waals surface area contributed by atoms with Crippen molar-refractivity contribution < 1.29 is 14.3 Å². The zero-order chi connectivity index (χ0) is 17.9. The molecule has 4 rings (SSSR count). The van der Waals surface area contributed by atoms with E-state index in [9.17, 15) is 9.59 Å². The molecule has 26 heavy (non-hydrogen) atoms. The molecule has 2 aromatic carbocycles. The Morgan fingerprint density at radius 2 is 2.04 bits per heavy atom. The Morgan fingerprint density at radius 3 is 2.88 bits per heavy atom. The standard InChI is InChI=1S/C19H14N4O3/c24-17(13-6-9-18-16(10-13)20-19(25)12-26-18)8-7-14-11-23(22-21-14)15-4-2-1-3-5-15/h1-11H,12H2,(H,20,25). The van der Waals surface area contributed by atoms with Gasteiger partial charge in [0.05, 0.1) is 17.6 Å². The molecule has 128 valence electrons. The Labute approximate surface area is 148 Å². The van der Waals surface area contributed by atoms with Crippen LogP contribution in [-0.2, 0) is 4.79 Å². The lowest BCUT2D eigenvalue weighted by Gasteiger charge is -2.17. The van der Waals surface area contributed by atoms with Crippen LogP contribution in [-0.4, -0.2) is 33.3 Å². The maximum absolute atomic E-state index is 12.4. The number of ketones is 1. The molecule has 0 radical (unpaired) electrons. The quantitative estimate of drug-likeness (QED) is 0.579. The van der Waals surface area contributed by atoms with Crippen molar-refractivity contribution in [2.24, 2.45) is 0 Å². The molecule has 1 aliphatic rings. The maximum Gasteiger partial charge on any atom is 0.262 e. The number of nitrogens with zero attached hydrogens (tertiary/aromatic N) is 3. The predicted molar refractivity (Wildman–Crippen MR) is 95.3 cm³/mol. The molecule has 1 aromatic heterocycles. The molecular weight excluding hydrogens is 332 g/mol. The Kier molecular flexibility index (Phi) is 4.03. The van der Waals surface area contributed by atoms with Gasteiger partial charge in [0.1, 0.15) is 11.4 Å². The van der Waals surface area contributed by atoms with E-state index in [4.69, 9.17) is 4.74 Å². The molecule has 1 N–H and O–H groups in total. The van der Waals surface area contributed by atoms with Gasteiger partial charge in [0, 0.05) is 5.56 Å². The van der Waals surface area contributed by atoms with Crippen molar-refractivity contribution >= 4 is 23.5 Å². The van der Waals surface area contributed by atoms with E-state index >= 15 is 0 Å². The second-order valence-electron chi connectivity index (χ2n) is 5.67. The Hall–Kier alpha value is -3.74. The van der Waals surface area contributed by atoms with Crippen LogP contribution in [0.25, 0.3) is 11.8 Å². The van der Waals surface area contributed by atoms with Crippen molar-refractivity contribution in [3.8, 4) is 11.4 Å². The van der Waals surface area contributed by atoms with E-state index < -0.39 is 0 Å². The largest absolute Gasteiger partial charge is 0.482 e. The third-order valence-corrected chi connectivity index (χ3v) is 3.83. The average molecular weight is 346 g/mol. The SMILES string of the molecule is O=C1COc2ccc(C(=O)C=Cc3cn(-c4ccccc4)nn3)cc2N1. The number of carbonyl (C=O) groups is 2. The molecule has 7 heteroatoms. The summed E-state index contributed by atoms with van der Waals surface area (Å²) >= 11 is 0. The van der Waals surface area contributed by atoms with Crippen LogP contribution in [0.15, 0.2) is 60.8 Å². The van der Waals surface area contributed by atoms with Gasteiger partial charge in [0.2, 0.25) is 0 Å². The first-order chi connectivity index (χ1) is 12.7. The topological polar surface area (TPSA) is 86.1 Å². The first-order valence-corrected chi connectivity index (χ1v) is 7.96. The second-order valence-corrected chi connectivity index (χ2v) is 5.67. The van der Waals surface area contributed by atoms with Gasteiger partial charge in [0.15, 0.2) is 12.4 Å².